The minimum atomic E-state index is -0.499. The quantitative estimate of drug-likeness (QED) is 0.806. The maximum atomic E-state index is 12.1. The smallest absolute Gasteiger partial charge is 0.315 e. The summed E-state index contributed by atoms with van der Waals surface area (Å²) in [6, 6.07) is 9.20. The third-order valence-electron chi connectivity index (χ3n) is 2.89. The molecular weight excluding hydrogens is 288 g/mol. The van der Waals surface area contributed by atoms with Crippen LogP contribution in [-0.4, -0.2) is 21.4 Å². The summed E-state index contributed by atoms with van der Waals surface area (Å²) in [6.07, 6.45) is 1.81. The summed E-state index contributed by atoms with van der Waals surface area (Å²) in [4.78, 5) is 12.1. The zero-order chi connectivity index (χ0) is 15.6. The van der Waals surface area contributed by atoms with Crippen LogP contribution in [0.2, 0.25) is 5.02 Å². The Hall–Kier alpha value is -1.81. The van der Waals surface area contributed by atoms with Crippen molar-refractivity contribution in [1.82, 2.24) is 9.78 Å². The molecule has 0 saturated heterocycles. The number of ether oxygens (including phenoxy) is 1. The van der Waals surface area contributed by atoms with Crippen LogP contribution in [-0.2, 0) is 9.53 Å². The van der Waals surface area contributed by atoms with Gasteiger partial charge < -0.3 is 4.74 Å². The Labute approximate surface area is 129 Å². The zero-order valence-electron chi connectivity index (χ0n) is 12.6. The summed E-state index contributed by atoms with van der Waals surface area (Å²) in [6.45, 7) is 7.34. The summed E-state index contributed by atoms with van der Waals surface area (Å²) in [5, 5.41) is 5.07. The first-order valence-corrected chi connectivity index (χ1v) is 7.18. The number of carbonyl (C=O) groups is 1. The van der Waals surface area contributed by atoms with E-state index in [4.69, 9.17) is 16.3 Å². The van der Waals surface area contributed by atoms with Gasteiger partial charge in [0.15, 0.2) is 0 Å². The van der Waals surface area contributed by atoms with Gasteiger partial charge in [0.2, 0.25) is 0 Å². The molecule has 0 fully saturated rings. The lowest BCUT2D eigenvalue weighted by Gasteiger charge is -2.21. The molecule has 2 rings (SSSR count). The van der Waals surface area contributed by atoms with Gasteiger partial charge in [0.05, 0.1) is 17.3 Å². The normalized spacial score (nSPS) is 13.0. The van der Waals surface area contributed by atoms with Gasteiger partial charge in [-0.15, -0.1) is 0 Å². The predicted molar refractivity (Wildman–Crippen MR) is 82.8 cm³/mol. The molecule has 0 saturated carbocycles. The highest BCUT2D eigenvalue weighted by Gasteiger charge is 2.24. The van der Waals surface area contributed by atoms with Gasteiger partial charge in [-0.1, -0.05) is 17.7 Å². The molecular formula is C16H19ClN2O2. The zero-order valence-corrected chi connectivity index (χ0v) is 13.4. The Morgan fingerprint density at radius 1 is 1.33 bits per heavy atom. The van der Waals surface area contributed by atoms with Crippen molar-refractivity contribution in [3.63, 3.8) is 0 Å². The van der Waals surface area contributed by atoms with E-state index >= 15 is 0 Å². The highest BCUT2D eigenvalue weighted by molar-refractivity contribution is 6.30. The van der Waals surface area contributed by atoms with Crippen molar-refractivity contribution in [2.75, 3.05) is 0 Å². The molecule has 112 valence electrons. The number of hydrogen-bond donors (Lipinski definition) is 0. The van der Waals surface area contributed by atoms with Crippen LogP contribution in [0.5, 0.6) is 0 Å². The largest absolute Gasteiger partial charge is 0.459 e. The van der Waals surface area contributed by atoms with Gasteiger partial charge >= 0.3 is 5.97 Å². The molecule has 1 aromatic heterocycles. The molecule has 21 heavy (non-hydrogen) atoms. The molecule has 0 spiro atoms. The van der Waals surface area contributed by atoms with Crippen LogP contribution in [0.25, 0.3) is 5.69 Å². The average molecular weight is 307 g/mol. The average Bonchev–Trinajstić information content (AvgIpc) is 2.85. The van der Waals surface area contributed by atoms with E-state index in [0.717, 1.165) is 5.69 Å². The summed E-state index contributed by atoms with van der Waals surface area (Å²) in [5.74, 6) is -0.691. The fourth-order valence-corrected chi connectivity index (χ4v) is 2.03. The van der Waals surface area contributed by atoms with Crippen molar-refractivity contribution in [3.8, 4) is 5.69 Å². The van der Waals surface area contributed by atoms with E-state index in [-0.39, 0.29) is 5.97 Å². The molecule has 1 atom stereocenters. The second kappa shape index (κ2) is 5.90. The molecule has 5 heteroatoms. The Balaban J connectivity index is 2.18. The molecule has 0 radical (unpaired) electrons. The molecule has 0 aliphatic heterocycles. The van der Waals surface area contributed by atoms with Gasteiger partial charge in [0.25, 0.3) is 0 Å². The number of benzene rings is 1. The molecule has 2 aromatic rings. The predicted octanol–water partition coefficient (Wildman–Crippen LogP) is 3.97. The van der Waals surface area contributed by atoms with E-state index < -0.39 is 11.5 Å². The molecule has 0 amide bonds. The van der Waals surface area contributed by atoms with Crippen LogP contribution in [0.4, 0.5) is 0 Å². The summed E-state index contributed by atoms with van der Waals surface area (Å²) >= 11 is 5.97. The third kappa shape index (κ3) is 4.08. The number of nitrogens with zero attached hydrogens (tertiary/aromatic N) is 2. The van der Waals surface area contributed by atoms with Gasteiger partial charge in [-0.3, -0.25) is 4.79 Å². The monoisotopic (exact) mass is 306 g/mol. The van der Waals surface area contributed by atoms with Gasteiger partial charge in [-0.2, -0.15) is 5.10 Å². The molecule has 1 aromatic carbocycles. The van der Waals surface area contributed by atoms with Gasteiger partial charge in [0, 0.05) is 11.2 Å². The number of rotatable bonds is 3. The van der Waals surface area contributed by atoms with Crippen LogP contribution in [0, 0.1) is 0 Å². The molecule has 4 nitrogen and oxygen atoms in total. The van der Waals surface area contributed by atoms with E-state index in [2.05, 4.69) is 5.10 Å². The lowest BCUT2D eigenvalue weighted by atomic mass is 10.1. The Kier molecular flexibility index (Phi) is 4.37. The maximum absolute atomic E-state index is 12.1. The first-order valence-electron chi connectivity index (χ1n) is 6.80. The fourth-order valence-electron chi connectivity index (χ4n) is 1.84. The van der Waals surface area contributed by atoms with Crippen molar-refractivity contribution >= 4 is 17.6 Å². The van der Waals surface area contributed by atoms with Gasteiger partial charge in [-0.25, -0.2) is 4.68 Å². The van der Waals surface area contributed by atoms with E-state index in [1.807, 2.05) is 51.2 Å². The number of hydrogen-bond acceptors (Lipinski definition) is 3. The van der Waals surface area contributed by atoms with Gasteiger partial charge in [0.1, 0.15) is 5.60 Å². The second-order valence-electron chi connectivity index (χ2n) is 5.92. The number of aromatic nitrogens is 2. The molecule has 0 aliphatic rings. The highest BCUT2D eigenvalue weighted by atomic mass is 35.5. The van der Waals surface area contributed by atoms with Crippen LogP contribution in [0.1, 0.15) is 39.3 Å². The van der Waals surface area contributed by atoms with Crippen molar-refractivity contribution in [2.45, 2.75) is 39.2 Å². The van der Waals surface area contributed by atoms with Crippen LogP contribution in [0.15, 0.2) is 36.5 Å². The number of carbonyl (C=O) groups excluding carboxylic acids is 1. The summed E-state index contributed by atoms with van der Waals surface area (Å²) < 4.78 is 7.08. The Bertz CT molecular complexity index is 644. The van der Waals surface area contributed by atoms with Crippen LogP contribution < -0.4 is 0 Å². The summed E-state index contributed by atoms with van der Waals surface area (Å²) in [7, 11) is 0. The van der Waals surface area contributed by atoms with E-state index in [1.165, 1.54) is 0 Å². The van der Waals surface area contributed by atoms with Crippen LogP contribution >= 0.6 is 11.6 Å². The molecule has 1 heterocycles. The van der Waals surface area contributed by atoms with Gasteiger partial charge in [-0.05, 0) is 52.0 Å². The SMILES string of the molecule is CC(C(=O)OC(C)(C)C)c1ccn(-c2cccc(Cl)c2)n1. The second-order valence-corrected chi connectivity index (χ2v) is 6.36. The first-order chi connectivity index (χ1) is 9.76. The highest BCUT2D eigenvalue weighted by Crippen LogP contribution is 2.20. The minimum absolute atomic E-state index is 0.279. The van der Waals surface area contributed by atoms with Crippen molar-refractivity contribution in [2.24, 2.45) is 0 Å². The standard InChI is InChI=1S/C16H19ClN2O2/c1-11(15(20)21-16(2,3)4)14-8-9-19(18-14)13-7-5-6-12(17)10-13/h5-11H,1-4H3. The van der Waals surface area contributed by atoms with Crippen LogP contribution in [0.3, 0.4) is 0 Å². The third-order valence-corrected chi connectivity index (χ3v) is 3.12. The minimum Gasteiger partial charge on any atom is -0.459 e. The fraction of sp³-hybridized carbons (Fsp3) is 0.375. The topological polar surface area (TPSA) is 44.1 Å². The molecule has 1 unspecified atom stereocenters. The molecule has 0 aliphatic carbocycles. The Morgan fingerprint density at radius 2 is 2.05 bits per heavy atom. The van der Waals surface area contributed by atoms with Crippen molar-refractivity contribution in [1.29, 1.82) is 0 Å². The van der Waals surface area contributed by atoms with E-state index in [0.29, 0.717) is 10.7 Å². The first kappa shape index (κ1) is 15.6. The number of halogens is 1. The van der Waals surface area contributed by atoms with Crippen molar-refractivity contribution < 1.29 is 9.53 Å². The summed E-state index contributed by atoms with van der Waals surface area (Å²) in [5.41, 5.74) is 1.02. The number of esters is 1. The molecule has 0 bridgehead atoms. The maximum Gasteiger partial charge on any atom is 0.315 e. The van der Waals surface area contributed by atoms with E-state index in [9.17, 15) is 4.79 Å². The molecule has 0 N–H and O–H groups in total. The lowest BCUT2D eigenvalue weighted by molar-refractivity contribution is -0.156. The van der Waals surface area contributed by atoms with E-state index in [1.54, 1.807) is 17.7 Å². The van der Waals surface area contributed by atoms with Crippen molar-refractivity contribution in [3.05, 3.63) is 47.2 Å². The lowest BCUT2D eigenvalue weighted by Crippen LogP contribution is -2.27. The Morgan fingerprint density at radius 3 is 2.67 bits per heavy atom.